The van der Waals surface area contributed by atoms with Gasteiger partial charge in [-0.2, -0.15) is 0 Å². The number of hydrogen-bond acceptors (Lipinski definition) is 1. The predicted molar refractivity (Wildman–Crippen MR) is 52.5 cm³/mol. The Hall–Kier alpha value is -0.430. The van der Waals surface area contributed by atoms with Crippen LogP contribution in [0.3, 0.4) is 0 Å². The second-order valence-electron chi connectivity index (χ2n) is 2.90. The maximum Gasteiger partial charge on any atom is 0.00455 e. The summed E-state index contributed by atoms with van der Waals surface area (Å²) in [5.74, 6) is 0. The van der Waals surface area contributed by atoms with Crippen LogP contribution in [0.5, 0.6) is 0 Å². The van der Waals surface area contributed by atoms with Crippen LogP contribution in [0.1, 0.15) is 23.6 Å². The monoisotopic (exact) mass is 166 g/mol. The Labute approximate surface area is 74.0 Å². The van der Waals surface area contributed by atoms with Crippen molar-refractivity contribution in [2.75, 3.05) is 0 Å². The van der Waals surface area contributed by atoms with Crippen LogP contribution in [0, 0.1) is 13.8 Å². The molecule has 0 amide bonds. The van der Waals surface area contributed by atoms with E-state index in [1.807, 2.05) is 0 Å². The van der Waals surface area contributed by atoms with Crippen molar-refractivity contribution in [2.45, 2.75) is 32.1 Å². The number of thiol groups is 1. The third-order valence-electron chi connectivity index (χ3n) is 2.14. The molecular weight excluding hydrogens is 152 g/mol. The number of aryl methyl sites for hydroxylation is 2. The summed E-state index contributed by atoms with van der Waals surface area (Å²) >= 11 is 4.33. The first kappa shape index (κ1) is 8.66. The molecule has 0 fully saturated rings. The molecule has 0 aliphatic rings. The summed E-state index contributed by atoms with van der Waals surface area (Å²) in [7, 11) is 0. The highest BCUT2D eigenvalue weighted by Crippen LogP contribution is 2.18. The van der Waals surface area contributed by atoms with Crippen LogP contribution in [0.2, 0.25) is 0 Å². The summed E-state index contributed by atoms with van der Waals surface area (Å²) in [6, 6.07) is 4.25. The van der Waals surface area contributed by atoms with Crippen LogP contribution < -0.4 is 0 Å². The predicted octanol–water partition coefficient (Wildman–Crippen LogP) is 3.15. The van der Waals surface area contributed by atoms with Crippen LogP contribution in [0.15, 0.2) is 17.0 Å². The molecule has 0 aliphatic heterocycles. The van der Waals surface area contributed by atoms with Gasteiger partial charge in [0.25, 0.3) is 0 Å². The molecule has 60 valence electrons. The van der Waals surface area contributed by atoms with Crippen LogP contribution in [0.25, 0.3) is 0 Å². The minimum atomic E-state index is 1.07. The minimum Gasteiger partial charge on any atom is -0.143 e. The van der Waals surface area contributed by atoms with E-state index in [0.29, 0.717) is 0 Å². The molecule has 0 unspecified atom stereocenters. The standard InChI is InChI=1S/C10H14S/c1-4-9-6-10(11)5-7(2)8(9)3/h5-6,11H,4H2,1-3H3. The molecule has 1 aromatic rings. The van der Waals surface area contributed by atoms with E-state index in [1.54, 1.807) is 0 Å². The molecule has 0 heterocycles. The zero-order valence-electron chi connectivity index (χ0n) is 7.31. The van der Waals surface area contributed by atoms with Crippen LogP contribution in [-0.2, 0) is 6.42 Å². The van der Waals surface area contributed by atoms with Crippen molar-refractivity contribution in [3.05, 3.63) is 28.8 Å². The number of hydrogen-bond donors (Lipinski definition) is 1. The molecule has 0 bridgehead atoms. The van der Waals surface area contributed by atoms with Crippen molar-refractivity contribution < 1.29 is 0 Å². The third-order valence-corrected chi connectivity index (χ3v) is 2.40. The zero-order chi connectivity index (χ0) is 8.43. The van der Waals surface area contributed by atoms with Crippen molar-refractivity contribution in [3.8, 4) is 0 Å². The molecule has 0 spiro atoms. The Morgan fingerprint density at radius 3 is 2.45 bits per heavy atom. The quantitative estimate of drug-likeness (QED) is 0.609. The summed E-state index contributed by atoms with van der Waals surface area (Å²) in [6.45, 7) is 6.48. The van der Waals surface area contributed by atoms with E-state index < -0.39 is 0 Å². The maximum absolute atomic E-state index is 4.33. The van der Waals surface area contributed by atoms with Crippen molar-refractivity contribution in [2.24, 2.45) is 0 Å². The van der Waals surface area contributed by atoms with E-state index in [2.05, 4.69) is 45.5 Å². The fraction of sp³-hybridized carbons (Fsp3) is 0.400. The fourth-order valence-corrected chi connectivity index (χ4v) is 1.63. The van der Waals surface area contributed by atoms with Crippen LogP contribution in [0.4, 0.5) is 0 Å². The molecule has 0 saturated carbocycles. The first-order chi connectivity index (χ1) is 5.15. The van der Waals surface area contributed by atoms with Crippen molar-refractivity contribution in [3.63, 3.8) is 0 Å². The molecule has 0 N–H and O–H groups in total. The van der Waals surface area contributed by atoms with Gasteiger partial charge in [-0.1, -0.05) is 6.92 Å². The molecule has 0 radical (unpaired) electrons. The Bertz CT molecular complexity index is 264. The van der Waals surface area contributed by atoms with Crippen LogP contribution >= 0.6 is 12.6 Å². The molecule has 0 aromatic heterocycles. The summed E-state index contributed by atoms with van der Waals surface area (Å²) in [5, 5.41) is 0. The number of rotatable bonds is 1. The van der Waals surface area contributed by atoms with Gasteiger partial charge in [0.2, 0.25) is 0 Å². The first-order valence-corrected chi connectivity index (χ1v) is 4.39. The zero-order valence-corrected chi connectivity index (χ0v) is 8.20. The average molecular weight is 166 g/mol. The fourth-order valence-electron chi connectivity index (χ4n) is 1.28. The summed E-state index contributed by atoms with van der Waals surface area (Å²) < 4.78 is 0. The Morgan fingerprint density at radius 1 is 1.27 bits per heavy atom. The maximum atomic E-state index is 4.33. The van der Waals surface area contributed by atoms with Gasteiger partial charge in [-0.15, -0.1) is 12.6 Å². The van der Waals surface area contributed by atoms with Gasteiger partial charge in [0.15, 0.2) is 0 Å². The van der Waals surface area contributed by atoms with Crippen molar-refractivity contribution in [1.82, 2.24) is 0 Å². The van der Waals surface area contributed by atoms with E-state index >= 15 is 0 Å². The second kappa shape index (κ2) is 3.31. The Balaban J connectivity index is 3.24. The van der Waals surface area contributed by atoms with Crippen molar-refractivity contribution in [1.29, 1.82) is 0 Å². The van der Waals surface area contributed by atoms with E-state index in [-0.39, 0.29) is 0 Å². The van der Waals surface area contributed by atoms with E-state index in [9.17, 15) is 0 Å². The van der Waals surface area contributed by atoms with E-state index in [0.717, 1.165) is 11.3 Å². The Morgan fingerprint density at radius 2 is 1.91 bits per heavy atom. The van der Waals surface area contributed by atoms with Gasteiger partial charge in [-0.05, 0) is 49.1 Å². The molecule has 0 atom stereocenters. The topological polar surface area (TPSA) is 0 Å². The van der Waals surface area contributed by atoms with Gasteiger partial charge in [0.1, 0.15) is 0 Å². The smallest absolute Gasteiger partial charge is 0.00455 e. The lowest BCUT2D eigenvalue weighted by Gasteiger charge is -2.07. The van der Waals surface area contributed by atoms with Gasteiger partial charge >= 0.3 is 0 Å². The molecule has 1 heteroatoms. The SMILES string of the molecule is CCc1cc(S)cc(C)c1C. The molecule has 0 saturated heterocycles. The van der Waals surface area contributed by atoms with E-state index in [4.69, 9.17) is 0 Å². The normalized spacial score (nSPS) is 10.2. The summed E-state index contributed by atoms with van der Waals surface area (Å²) in [4.78, 5) is 1.07. The number of benzene rings is 1. The third kappa shape index (κ3) is 1.78. The lowest BCUT2D eigenvalue weighted by Crippen LogP contribution is -1.90. The molecule has 0 nitrogen and oxygen atoms in total. The minimum absolute atomic E-state index is 1.07. The van der Waals surface area contributed by atoms with Crippen molar-refractivity contribution >= 4 is 12.6 Å². The van der Waals surface area contributed by atoms with Gasteiger partial charge in [0.05, 0.1) is 0 Å². The lowest BCUT2D eigenvalue weighted by atomic mass is 10.0. The molecular formula is C10H14S. The Kier molecular flexibility index (Phi) is 2.61. The highest BCUT2D eigenvalue weighted by Gasteiger charge is 1.99. The first-order valence-electron chi connectivity index (χ1n) is 3.94. The summed E-state index contributed by atoms with van der Waals surface area (Å²) in [6.07, 6.45) is 1.10. The van der Waals surface area contributed by atoms with Gasteiger partial charge in [0, 0.05) is 4.90 Å². The molecule has 0 aliphatic carbocycles. The van der Waals surface area contributed by atoms with Gasteiger partial charge in [-0.3, -0.25) is 0 Å². The van der Waals surface area contributed by atoms with E-state index in [1.165, 1.54) is 16.7 Å². The second-order valence-corrected chi connectivity index (χ2v) is 3.42. The average Bonchev–Trinajstić information content (AvgIpc) is 1.96. The van der Waals surface area contributed by atoms with Gasteiger partial charge in [-0.25, -0.2) is 0 Å². The largest absolute Gasteiger partial charge is 0.143 e. The van der Waals surface area contributed by atoms with Gasteiger partial charge < -0.3 is 0 Å². The molecule has 11 heavy (non-hydrogen) atoms. The summed E-state index contributed by atoms with van der Waals surface area (Å²) in [5.41, 5.74) is 4.16. The highest BCUT2D eigenvalue weighted by molar-refractivity contribution is 7.80. The molecule has 1 rings (SSSR count). The van der Waals surface area contributed by atoms with Crippen LogP contribution in [-0.4, -0.2) is 0 Å². The lowest BCUT2D eigenvalue weighted by molar-refractivity contribution is 1.07. The molecule has 1 aromatic carbocycles. The highest BCUT2D eigenvalue weighted by atomic mass is 32.1.